The topological polar surface area (TPSA) is 50.3 Å². The maximum atomic E-state index is 9.27. The third-order valence-corrected chi connectivity index (χ3v) is 5.38. The van der Waals surface area contributed by atoms with Crippen LogP contribution in [0, 0.1) is 18.3 Å². The number of nitrogens with zero attached hydrogens (tertiary/aromatic N) is 3. The molecular formula is C22H16BrN3O. The van der Waals surface area contributed by atoms with Crippen molar-refractivity contribution in [3.63, 3.8) is 0 Å². The van der Waals surface area contributed by atoms with Crippen LogP contribution in [0.15, 0.2) is 71.5 Å². The van der Waals surface area contributed by atoms with Crippen molar-refractivity contribution in [1.29, 1.82) is 5.26 Å². The van der Waals surface area contributed by atoms with E-state index in [1.165, 1.54) is 0 Å². The number of nitriles is 1. The maximum absolute atomic E-state index is 9.27. The lowest BCUT2D eigenvalue weighted by Crippen LogP contribution is -1.98. The molecule has 0 aliphatic carbocycles. The first-order chi connectivity index (χ1) is 13.2. The molecule has 0 aliphatic heterocycles. The normalized spacial score (nSPS) is 10.7. The zero-order valence-electron chi connectivity index (χ0n) is 14.7. The molecule has 0 aliphatic rings. The van der Waals surface area contributed by atoms with Crippen molar-refractivity contribution in [2.24, 2.45) is 0 Å². The first kappa shape index (κ1) is 17.3. The summed E-state index contributed by atoms with van der Waals surface area (Å²) in [6.07, 6.45) is 1.95. The molecule has 27 heavy (non-hydrogen) atoms. The van der Waals surface area contributed by atoms with E-state index < -0.39 is 0 Å². The van der Waals surface area contributed by atoms with E-state index >= 15 is 0 Å². The summed E-state index contributed by atoms with van der Waals surface area (Å²) < 4.78 is 8.91. The summed E-state index contributed by atoms with van der Waals surface area (Å²) >= 11 is 3.54. The van der Waals surface area contributed by atoms with Crippen LogP contribution in [0.1, 0.15) is 16.8 Å². The Balaban J connectivity index is 1.55. The van der Waals surface area contributed by atoms with E-state index in [0.29, 0.717) is 12.2 Å². The maximum Gasteiger partial charge on any atom is 0.180 e. The minimum absolute atomic E-state index is 0.448. The van der Waals surface area contributed by atoms with E-state index in [1.54, 1.807) is 0 Å². The van der Waals surface area contributed by atoms with Gasteiger partial charge in [0.25, 0.3) is 0 Å². The molecule has 4 rings (SSSR count). The molecule has 0 N–H and O–H groups in total. The van der Waals surface area contributed by atoms with Crippen LogP contribution >= 0.6 is 15.9 Å². The van der Waals surface area contributed by atoms with E-state index in [1.807, 2.05) is 78.2 Å². The molecule has 2 heterocycles. The van der Waals surface area contributed by atoms with E-state index in [2.05, 4.69) is 27.0 Å². The predicted octanol–water partition coefficient (Wildman–Crippen LogP) is 5.52. The van der Waals surface area contributed by atoms with Crippen LogP contribution in [-0.2, 0) is 6.61 Å². The molecule has 2 aromatic carbocycles. The van der Waals surface area contributed by atoms with Gasteiger partial charge < -0.3 is 4.74 Å². The Labute approximate surface area is 165 Å². The highest BCUT2D eigenvalue weighted by Crippen LogP contribution is 2.27. The lowest BCUT2D eigenvalue weighted by atomic mass is 9.99. The molecule has 4 aromatic rings. The largest absolute Gasteiger partial charge is 0.485 e. The number of hydrogen-bond donors (Lipinski definition) is 0. The molecule has 2 aromatic heterocycles. The van der Waals surface area contributed by atoms with Crippen molar-refractivity contribution < 1.29 is 4.74 Å². The molecule has 0 unspecified atom stereocenters. The highest BCUT2D eigenvalue weighted by atomic mass is 79.9. The first-order valence-electron chi connectivity index (χ1n) is 8.52. The molecule has 0 fully saturated rings. The summed E-state index contributed by atoms with van der Waals surface area (Å²) in [6, 6.07) is 21.8. The lowest BCUT2D eigenvalue weighted by Gasteiger charge is -2.09. The molecule has 4 nitrogen and oxygen atoms in total. The average Bonchev–Trinajstić information content (AvgIpc) is 3.01. The minimum atomic E-state index is 0.448. The molecule has 5 heteroatoms. The van der Waals surface area contributed by atoms with Crippen molar-refractivity contribution in [2.45, 2.75) is 13.5 Å². The van der Waals surface area contributed by atoms with Crippen LogP contribution in [0.3, 0.4) is 0 Å². The van der Waals surface area contributed by atoms with E-state index in [4.69, 9.17) is 4.74 Å². The van der Waals surface area contributed by atoms with Crippen LogP contribution in [0.5, 0.6) is 5.75 Å². The van der Waals surface area contributed by atoms with E-state index in [0.717, 1.165) is 38.4 Å². The standard InChI is InChI=1S/C22H16BrN3O/c1-15-21(23)26-12-4-7-20(22(26)25-15)27-14-16-8-10-17(11-9-16)19-6-3-2-5-18(19)13-24/h2-12H,14H2,1H3. The summed E-state index contributed by atoms with van der Waals surface area (Å²) in [5, 5.41) is 9.27. The Morgan fingerprint density at radius 1 is 1.07 bits per heavy atom. The van der Waals surface area contributed by atoms with Crippen molar-refractivity contribution >= 4 is 21.6 Å². The highest BCUT2D eigenvalue weighted by molar-refractivity contribution is 9.10. The number of pyridine rings is 1. The van der Waals surface area contributed by atoms with Crippen LogP contribution in [0.25, 0.3) is 16.8 Å². The lowest BCUT2D eigenvalue weighted by molar-refractivity contribution is 0.308. The monoisotopic (exact) mass is 417 g/mol. The zero-order chi connectivity index (χ0) is 18.8. The van der Waals surface area contributed by atoms with Crippen molar-refractivity contribution in [1.82, 2.24) is 9.38 Å². The highest BCUT2D eigenvalue weighted by Gasteiger charge is 2.10. The van der Waals surface area contributed by atoms with Crippen LogP contribution in [0.4, 0.5) is 0 Å². The van der Waals surface area contributed by atoms with Crippen LogP contribution in [-0.4, -0.2) is 9.38 Å². The smallest absolute Gasteiger partial charge is 0.180 e. The number of halogens is 1. The van der Waals surface area contributed by atoms with E-state index in [-0.39, 0.29) is 0 Å². The molecule has 132 valence electrons. The second kappa shape index (κ2) is 7.26. The fraction of sp³-hybridized carbons (Fsp3) is 0.0909. The van der Waals surface area contributed by atoms with Gasteiger partial charge in [0.2, 0.25) is 0 Å². The fourth-order valence-electron chi connectivity index (χ4n) is 3.01. The van der Waals surface area contributed by atoms with Gasteiger partial charge in [-0.3, -0.25) is 4.40 Å². The van der Waals surface area contributed by atoms with Crippen molar-refractivity contribution in [2.75, 3.05) is 0 Å². The molecule has 0 bridgehead atoms. The summed E-state index contributed by atoms with van der Waals surface area (Å²) in [5.74, 6) is 0.741. The summed E-state index contributed by atoms with van der Waals surface area (Å²) in [7, 11) is 0. The molecular weight excluding hydrogens is 402 g/mol. The molecule has 0 radical (unpaired) electrons. The Hall–Kier alpha value is -3.10. The van der Waals surface area contributed by atoms with Gasteiger partial charge in [0.15, 0.2) is 11.4 Å². The first-order valence-corrected chi connectivity index (χ1v) is 9.31. The third-order valence-electron chi connectivity index (χ3n) is 4.42. The molecule has 0 spiro atoms. The van der Waals surface area contributed by atoms with Gasteiger partial charge in [-0.1, -0.05) is 42.5 Å². The van der Waals surface area contributed by atoms with Gasteiger partial charge in [-0.2, -0.15) is 5.26 Å². The van der Waals surface area contributed by atoms with Gasteiger partial charge >= 0.3 is 0 Å². The van der Waals surface area contributed by atoms with E-state index in [9.17, 15) is 5.26 Å². The zero-order valence-corrected chi connectivity index (χ0v) is 16.3. The number of benzene rings is 2. The molecule has 0 amide bonds. The number of ether oxygens (including phenoxy) is 1. The minimum Gasteiger partial charge on any atom is -0.485 e. The van der Waals surface area contributed by atoms with Crippen molar-refractivity contribution in [3.05, 3.63) is 88.3 Å². The van der Waals surface area contributed by atoms with Gasteiger partial charge in [-0.05, 0) is 57.7 Å². The SMILES string of the molecule is Cc1nc2c(OCc3ccc(-c4ccccc4C#N)cc3)cccn2c1Br. The molecule has 0 atom stereocenters. The Morgan fingerprint density at radius 3 is 2.63 bits per heavy atom. The number of imidazole rings is 1. The van der Waals surface area contributed by atoms with Gasteiger partial charge in [0, 0.05) is 6.20 Å². The molecule has 0 saturated heterocycles. The number of aromatic nitrogens is 2. The number of hydrogen-bond acceptors (Lipinski definition) is 3. The van der Waals surface area contributed by atoms with Gasteiger partial charge in [0.1, 0.15) is 11.2 Å². The molecule has 0 saturated carbocycles. The summed E-state index contributed by atoms with van der Waals surface area (Å²) in [5.41, 5.74) is 5.40. The Bertz CT molecular complexity index is 1160. The summed E-state index contributed by atoms with van der Waals surface area (Å²) in [6.45, 7) is 2.40. The van der Waals surface area contributed by atoms with Crippen LogP contribution < -0.4 is 4.74 Å². The van der Waals surface area contributed by atoms with Gasteiger partial charge in [0.05, 0.1) is 17.3 Å². The fourth-order valence-corrected chi connectivity index (χ4v) is 3.39. The average molecular weight is 418 g/mol. The second-order valence-corrected chi connectivity index (χ2v) is 6.95. The van der Waals surface area contributed by atoms with Gasteiger partial charge in [-0.25, -0.2) is 4.98 Å². The van der Waals surface area contributed by atoms with Gasteiger partial charge in [-0.15, -0.1) is 0 Å². The Morgan fingerprint density at radius 2 is 1.85 bits per heavy atom. The third kappa shape index (κ3) is 3.32. The Kier molecular flexibility index (Phi) is 4.66. The second-order valence-electron chi connectivity index (χ2n) is 6.20. The number of aryl methyl sites for hydroxylation is 1. The quantitative estimate of drug-likeness (QED) is 0.438. The number of rotatable bonds is 4. The van der Waals surface area contributed by atoms with Crippen molar-refractivity contribution in [3.8, 4) is 22.9 Å². The predicted molar refractivity (Wildman–Crippen MR) is 109 cm³/mol. The number of fused-ring (bicyclic) bond motifs is 1. The van der Waals surface area contributed by atoms with Crippen LogP contribution in [0.2, 0.25) is 0 Å². The summed E-state index contributed by atoms with van der Waals surface area (Å²) in [4.78, 5) is 4.56.